The first-order chi connectivity index (χ1) is 12.9. The quantitative estimate of drug-likeness (QED) is 0.397. The molecule has 2 aromatic carbocycles. The van der Waals surface area contributed by atoms with Crippen molar-refractivity contribution in [3.05, 3.63) is 80.5 Å². The zero-order valence-electron chi connectivity index (χ0n) is 14.1. The van der Waals surface area contributed by atoms with Crippen LogP contribution in [0.4, 0.5) is 5.69 Å². The van der Waals surface area contributed by atoms with Crippen LogP contribution in [0.25, 0.3) is 11.3 Å². The standard InChI is InChI=1S/C18H14ClN5O3/c1-11-2-4-12(5-3-11)16-9-17(22-21-16)18(25)23-20-10-13-8-14(24(26)27)6-7-15(13)19/h2-10H,1H3,(H,21,22)(H,23,25). The van der Waals surface area contributed by atoms with Crippen molar-refractivity contribution in [3.8, 4) is 11.3 Å². The Labute approximate surface area is 159 Å². The number of non-ortho nitro benzene ring substituents is 1. The molecule has 27 heavy (non-hydrogen) atoms. The van der Waals surface area contributed by atoms with Crippen molar-refractivity contribution in [2.75, 3.05) is 0 Å². The van der Waals surface area contributed by atoms with Crippen LogP contribution >= 0.6 is 11.6 Å². The summed E-state index contributed by atoms with van der Waals surface area (Å²) in [5, 5.41) is 21.6. The summed E-state index contributed by atoms with van der Waals surface area (Å²) in [5.41, 5.74) is 5.39. The Hall–Kier alpha value is -3.52. The summed E-state index contributed by atoms with van der Waals surface area (Å²) in [6.07, 6.45) is 1.24. The summed E-state index contributed by atoms with van der Waals surface area (Å²) in [7, 11) is 0. The Bertz CT molecular complexity index is 1030. The lowest BCUT2D eigenvalue weighted by Gasteiger charge is -1.99. The fraction of sp³-hybridized carbons (Fsp3) is 0.0556. The monoisotopic (exact) mass is 383 g/mol. The molecule has 136 valence electrons. The van der Waals surface area contributed by atoms with E-state index in [1.54, 1.807) is 6.07 Å². The van der Waals surface area contributed by atoms with Gasteiger partial charge in [-0.05, 0) is 19.1 Å². The van der Waals surface area contributed by atoms with Gasteiger partial charge in [0, 0.05) is 28.3 Å². The number of nitro groups is 1. The summed E-state index contributed by atoms with van der Waals surface area (Å²) >= 11 is 5.97. The molecule has 0 aliphatic heterocycles. The van der Waals surface area contributed by atoms with Crippen molar-refractivity contribution in [2.24, 2.45) is 5.10 Å². The lowest BCUT2D eigenvalue weighted by Crippen LogP contribution is -2.18. The van der Waals surface area contributed by atoms with Gasteiger partial charge in [-0.2, -0.15) is 10.2 Å². The van der Waals surface area contributed by atoms with Gasteiger partial charge < -0.3 is 0 Å². The normalized spacial score (nSPS) is 10.9. The Morgan fingerprint density at radius 1 is 1.26 bits per heavy atom. The van der Waals surface area contributed by atoms with Crippen molar-refractivity contribution in [1.29, 1.82) is 0 Å². The summed E-state index contributed by atoms with van der Waals surface area (Å²) in [5.74, 6) is -0.501. The van der Waals surface area contributed by atoms with Gasteiger partial charge >= 0.3 is 0 Å². The van der Waals surface area contributed by atoms with Gasteiger partial charge in [0.1, 0.15) is 5.69 Å². The number of aromatic amines is 1. The number of halogens is 1. The van der Waals surface area contributed by atoms with Crippen LogP contribution in [-0.4, -0.2) is 27.2 Å². The third kappa shape index (κ3) is 4.36. The van der Waals surface area contributed by atoms with Crippen LogP contribution in [0.15, 0.2) is 53.6 Å². The molecule has 9 heteroatoms. The highest BCUT2D eigenvalue weighted by Crippen LogP contribution is 2.20. The highest BCUT2D eigenvalue weighted by atomic mass is 35.5. The fourth-order valence-electron chi connectivity index (χ4n) is 2.27. The van der Waals surface area contributed by atoms with Crippen LogP contribution in [0.1, 0.15) is 21.6 Å². The number of hydrogen-bond donors (Lipinski definition) is 2. The molecule has 8 nitrogen and oxygen atoms in total. The Kier molecular flexibility index (Phi) is 5.28. The zero-order chi connectivity index (χ0) is 19.4. The van der Waals surface area contributed by atoms with Gasteiger partial charge in [0.05, 0.1) is 16.8 Å². The maximum Gasteiger partial charge on any atom is 0.289 e. The van der Waals surface area contributed by atoms with Gasteiger partial charge in [0.2, 0.25) is 0 Å². The molecule has 0 atom stereocenters. The number of hydrogen-bond acceptors (Lipinski definition) is 5. The SMILES string of the molecule is Cc1ccc(-c2cc(C(=O)NN=Cc3cc([N+](=O)[O-])ccc3Cl)[nH]n2)cc1. The molecule has 0 aliphatic carbocycles. The van der Waals surface area contributed by atoms with Gasteiger partial charge in [-0.1, -0.05) is 41.4 Å². The molecule has 0 spiro atoms. The first-order valence-corrected chi connectivity index (χ1v) is 8.21. The molecule has 0 radical (unpaired) electrons. The van der Waals surface area contributed by atoms with Crippen LogP contribution < -0.4 is 5.43 Å². The molecule has 0 aliphatic rings. The van der Waals surface area contributed by atoms with Crippen LogP contribution in [0, 0.1) is 17.0 Å². The van der Waals surface area contributed by atoms with Crippen molar-refractivity contribution < 1.29 is 9.72 Å². The number of nitro benzene ring substituents is 1. The first kappa shape index (κ1) is 18.3. The van der Waals surface area contributed by atoms with Crippen molar-refractivity contribution in [3.63, 3.8) is 0 Å². The molecule has 0 fully saturated rings. The van der Waals surface area contributed by atoms with E-state index in [2.05, 4.69) is 20.7 Å². The minimum atomic E-state index is -0.538. The summed E-state index contributed by atoms with van der Waals surface area (Å²) in [4.78, 5) is 22.4. The third-order valence-electron chi connectivity index (χ3n) is 3.73. The number of carbonyl (C=O) groups is 1. The summed E-state index contributed by atoms with van der Waals surface area (Å²) in [6, 6.07) is 13.3. The Balaban J connectivity index is 1.70. The lowest BCUT2D eigenvalue weighted by atomic mass is 10.1. The van der Waals surface area contributed by atoms with E-state index in [1.165, 1.54) is 24.4 Å². The molecular formula is C18H14ClN5O3. The smallest absolute Gasteiger partial charge is 0.272 e. The van der Waals surface area contributed by atoms with E-state index in [1.807, 2.05) is 31.2 Å². The molecule has 1 heterocycles. The number of aryl methyl sites for hydroxylation is 1. The van der Waals surface area contributed by atoms with Gasteiger partial charge in [0.15, 0.2) is 0 Å². The average molecular weight is 384 g/mol. The molecule has 0 unspecified atom stereocenters. The van der Waals surface area contributed by atoms with Crippen molar-refractivity contribution >= 4 is 29.4 Å². The van der Waals surface area contributed by atoms with E-state index < -0.39 is 10.8 Å². The van der Waals surface area contributed by atoms with E-state index in [-0.39, 0.29) is 16.4 Å². The maximum absolute atomic E-state index is 12.2. The first-order valence-electron chi connectivity index (χ1n) is 7.84. The minimum Gasteiger partial charge on any atom is -0.272 e. The average Bonchev–Trinajstić information content (AvgIpc) is 3.14. The molecule has 1 aromatic heterocycles. The number of hydrazone groups is 1. The van der Waals surface area contributed by atoms with E-state index in [0.717, 1.165) is 11.1 Å². The largest absolute Gasteiger partial charge is 0.289 e. The minimum absolute atomic E-state index is 0.122. The highest BCUT2D eigenvalue weighted by molar-refractivity contribution is 6.33. The molecule has 2 N–H and O–H groups in total. The second-order valence-corrected chi connectivity index (χ2v) is 6.10. The number of benzene rings is 2. The second kappa shape index (κ2) is 7.79. The summed E-state index contributed by atoms with van der Waals surface area (Å²) in [6.45, 7) is 1.98. The van der Waals surface area contributed by atoms with Crippen LogP contribution in [-0.2, 0) is 0 Å². The number of amides is 1. The number of aromatic nitrogens is 2. The second-order valence-electron chi connectivity index (χ2n) is 5.69. The zero-order valence-corrected chi connectivity index (χ0v) is 14.9. The maximum atomic E-state index is 12.2. The molecule has 3 aromatic rings. The lowest BCUT2D eigenvalue weighted by molar-refractivity contribution is -0.384. The Morgan fingerprint density at radius 2 is 2.00 bits per heavy atom. The molecule has 0 saturated heterocycles. The third-order valence-corrected chi connectivity index (χ3v) is 4.07. The predicted octanol–water partition coefficient (Wildman–Crippen LogP) is 3.71. The molecule has 3 rings (SSSR count). The van der Waals surface area contributed by atoms with Gasteiger partial charge in [-0.15, -0.1) is 0 Å². The fourth-order valence-corrected chi connectivity index (χ4v) is 2.44. The number of nitrogens with zero attached hydrogens (tertiary/aromatic N) is 3. The topological polar surface area (TPSA) is 113 Å². The number of carbonyl (C=O) groups excluding carboxylic acids is 1. The Morgan fingerprint density at radius 3 is 2.70 bits per heavy atom. The van der Waals surface area contributed by atoms with Crippen LogP contribution in [0.2, 0.25) is 5.02 Å². The van der Waals surface area contributed by atoms with Crippen LogP contribution in [0.3, 0.4) is 0 Å². The summed E-state index contributed by atoms with van der Waals surface area (Å²) < 4.78 is 0. The molecular weight excluding hydrogens is 370 g/mol. The molecule has 0 bridgehead atoms. The molecule has 0 saturated carbocycles. The number of H-pyrrole nitrogens is 1. The van der Waals surface area contributed by atoms with Gasteiger partial charge in [0.25, 0.3) is 11.6 Å². The number of nitrogens with one attached hydrogen (secondary N) is 2. The van der Waals surface area contributed by atoms with Crippen molar-refractivity contribution in [1.82, 2.24) is 15.6 Å². The highest BCUT2D eigenvalue weighted by Gasteiger charge is 2.11. The van der Waals surface area contributed by atoms with Gasteiger partial charge in [-0.3, -0.25) is 20.0 Å². The van der Waals surface area contributed by atoms with E-state index in [9.17, 15) is 14.9 Å². The van der Waals surface area contributed by atoms with E-state index in [0.29, 0.717) is 11.3 Å². The van der Waals surface area contributed by atoms with E-state index in [4.69, 9.17) is 11.6 Å². The van der Waals surface area contributed by atoms with Crippen molar-refractivity contribution in [2.45, 2.75) is 6.92 Å². The molecule has 1 amide bonds. The number of rotatable bonds is 5. The van der Waals surface area contributed by atoms with E-state index >= 15 is 0 Å². The van der Waals surface area contributed by atoms with Gasteiger partial charge in [-0.25, -0.2) is 5.43 Å². The predicted molar refractivity (Wildman–Crippen MR) is 102 cm³/mol. The van der Waals surface area contributed by atoms with Crippen LogP contribution in [0.5, 0.6) is 0 Å².